The lowest BCUT2D eigenvalue weighted by Gasteiger charge is -2.05. The Balaban J connectivity index is 2.39. The maximum Gasteiger partial charge on any atom is 0.240 e. The lowest BCUT2D eigenvalue weighted by molar-refractivity contribution is 0.110. The van der Waals surface area contributed by atoms with Gasteiger partial charge in [-0.3, -0.25) is 0 Å². The van der Waals surface area contributed by atoms with Gasteiger partial charge in [-0.25, -0.2) is 4.79 Å². The van der Waals surface area contributed by atoms with Crippen molar-refractivity contribution in [3.8, 4) is 5.75 Å². The maximum absolute atomic E-state index is 9.96. The summed E-state index contributed by atoms with van der Waals surface area (Å²) in [4.78, 5) is 13.4. The van der Waals surface area contributed by atoms with Gasteiger partial charge in [-0.05, 0) is 31.2 Å². The lowest BCUT2D eigenvalue weighted by Crippen LogP contribution is -2.05. The summed E-state index contributed by atoms with van der Waals surface area (Å²) in [6.07, 6.45) is 1.48. The molecule has 0 aromatic heterocycles. The molecule has 80 valence electrons. The second kappa shape index (κ2) is 6.76. The monoisotopic (exact) mass is 207 g/mol. The summed E-state index contributed by atoms with van der Waals surface area (Å²) in [5.41, 5.74) is 0.571. The molecule has 0 bridgehead atoms. The number of isocyanates is 1. The molecule has 0 aliphatic carbocycles. The van der Waals surface area contributed by atoms with Crippen molar-refractivity contribution in [1.29, 1.82) is 0 Å². The van der Waals surface area contributed by atoms with Gasteiger partial charge in [0.25, 0.3) is 0 Å². The molecule has 0 fully saturated rings. The average Bonchev–Trinajstić information content (AvgIpc) is 2.27. The van der Waals surface area contributed by atoms with Gasteiger partial charge in [-0.15, -0.1) is 0 Å². The van der Waals surface area contributed by atoms with Crippen LogP contribution in [0.2, 0.25) is 0 Å². The first kappa shape index (κ1) is 11.4. The third-order valence-electron chi connectivity index (χ3n) is 1.71. The number of hydrogen-bond donors (Lipinski definition) is 0. The number of ether oxygens (including phenoxy) is 2. The minimum Gasteiger partial charge on any atom is -0.491 e. The SMILES string of the molecule is CCOCCOc1ccc(N=C=O)cc1. The van der Waals surface area contributed by atoms with Crippen molar-refractivity contribution in [3.63, 3.8) is 0 Å². The van der Waals surface area contributed by atoms with E-state index in [1.54, 1.807) is 24.3 Å². The van der Waals surface area contributed by atoms with Crippen molar-refractivity contribution in [2.45, 2.75) is 6.92 Å². The molecule has 0 aliphatic heterocycles. The van der Waals surface area contributed by atoms with Gasteiger partial charge in [0.1, 0.15) is 12.4 Å². The summed E-state index contributed by atoms with van der Waals surface area (Å²) in [6, 6.07) is 6.89. The number of aliphatic imine (C=N–C) groups is 1. The minimum atomic E-state index is 0.518. The van der Waals surface area contributed by atoms with E-state index in [2.05, 4.69) is 4.99 Å². The molecule has 1 aromatic rings. The summed E-state index contributed by atoms with van der Waals surface area (Å²) in [6.45, 7) is 3.72. The normalized spacial score (nSPS) is 9.40. The Morgan fingerprint density at radius 2 is 2.00 bits per heavy atom. The van der Waals surface area contributed by atoms with E-state index in [1.807, 2.05) is 6.92 Å². The molecule has 0 aliphatic rings. The van der Waals surface area contributed by atoms with Crippen LogP contribution in [0, 0.1) is 0 Å². The molecule has 0 unspecified atom stereocenters. The molecule has 1 aromatic carbocycles. The Kier molecular flexibility index (Phi) is 5.15. The largest absolute Gasteiger partial charge is 0.491 e. The first-order valence-corrected chi connectivity index (χ1v) is 4.75. The fraction of sp³-hybridized carbons (Fsp3) is 0.364. The topological polar surface area (TPSA) is 47.9 Å². The van der Waals surface area contributed by atoms with Gasteiger partial charge in [-0.2, -0.15) is 4.99 Å². The van der Waals surface area contributed by atoms with Crippen LogP contribution in [0.5, 0.6) is 5.75 Å². The van der Waals surface area contributed by atoms with Crippen LogP contribution in [-0.2, 0) is 9.53 Å². The van der Waals surface area contributed by atoms with Crippen molar-refractivity contribution in [3.05, 3.63) is 24.3 Å². The molecule has 0 saturated heterocycles. The molecule has 0 spiro atoms. The standard InChI is InChI=1S/C11H13NO3/c1-2-14-7-8-15-11-5-3-10(4-6-11)12-9-13/h3-6H,2,7-8H2,1H3. The average molecular weight is 207 g/mol. The first-order valence-electron chi connectivity index (χ1n) is 4.75. The highest BCUT2D eigenvalue weighted by molar-refractivity contribution is 5.49. The molecule has 15 heavy (non-hydrogen) atoms. The second-order valence-corrected chi connectivity index (χ2v) is 2.74. The van der Waals surface area contributed by atoms with Gasteiger partial charge in [-0.1, -0.05) is 0 Å². The van der Waals surface area contributed by atoms with Gasteiger partial charge in [0.05, 0.1) is 12.3 Å². The van der Waals surface area contributed by atoms with Gasteiger partial charge < -0.3 is 9.47 Å². The Morgan fingerprint density at radius 1 is 1.27 bits per heavy atom. The minimum absolute atomic E-state index is 0.518. The molecule has 1 rings (SSSR count). The van der Waals surface area contributed by atoms with E-state index < -0.39 is 0 Å². The van der Waals surface area contributed by atoms with E-state index in [0.717, 1.165) is 5.75 Å². The molecular weight excluding hydrogens is 194 g/mol. The lowest BCUT2D eigenvalue weighted by atomic mass is 10.3. The fourth-order valence-corrected chi connectivity index (χ4v) is 1.03. The van der Waals surface area contributed by atoms with Crippen LogP contribution >= 0.6 is 0 Å². The van der Waals surface area contributed by atoms with E-state index in [1.165, 1.54) is 6.08 Å². The first-order chi connectivity index (χ1) is 7.36. The van der Waals surface area contributed by atoms with E-state index in [9.17, 15) is 4.79 Å². The third kappa shape index (κ3) is 4.40. The van der Waals surface area contributed by atoms with E-state index in [-0.39, 0.29) is 0 Å². The van der Waals surface area contributed by atoms with Crippen LogP contribution in [0.3, 0.4) is 0 Å². The fourth-order valence-electron chi connectivity index (χ4n) is 1.03. The Hall–Kier alpha value is -1.64. The van der Waals surface area contributed by atoms with Crippen molar-refractivity contribution >= 4 is 11.8 Å². The molecule has 0 saturated carbocycles. The highest BCUT2D eigenvalue weighted by atomic mass is 16.5. The molecule has 0 amide bonds. The predicted octanol–water partition coefficient (Wildman–Crippen LogP) is 2.07. The van der Waals surface area contributed by atoms with Crippen LogP contribution < -0.4 is 4.74 Å². The molecule has 0 heterocycles. The van der Waals surface area contributed by atoms with Crippen LogP contribution in [0.4, 0.5) is 5.69 Å². The maximum atomic E-state index is 9.96. The Bertz CT molecular complexity index is 328. The van der Waals surface area contributed by atoms with Crippen molar-refractivity contribution in [2.24, 2.45) is 4.99 Å². The summed E-state index contributed by atoms with van der Waals surface area (Å²) in [5, 5.41) is 0. The van der Waals surface area contributed by atoms with Gasteiger partial charge >= 0.3 is 0 Å². The Labute approximate surface area is 88.5 Å². The van der Waals surface area contributed by atoms with Crippen LogP contribution in [0.15, 0.2) is 29.3 Å². The smallest absolute Gasteiger partial charge is 0.240 e. The van der Waals surface area contributed by atoms with E-state index >= 15 is 0 Å². The number of hydrogen-bond acceptors (Lipinski definition) is 4. The number of rotatable bonds is 6. The third-order valence-corrected chi connectivity index (χ3v) is 1.71. The van der Waals surface area contributed by atoms with Crippen LogP contribution in [-0.4, -0.2) is 25.9 Å². The van der Waals surface area contributed by atoms with Crippen LogP contribution in [0.25, 0.3) is 0 Å². The number of nitrogens with zero attached hydrogens (tertiary/aromatic N) is 1. The second-order valence-electron chi connectivity index (χ2n) is 2.74. The zero-order valence-corrected chi connectivity index (χ0v) is 8.60. The van der Waals surface area contributed by atoms with Gasteiger partial charge in [0.15, 0.2) is 0 Å². The Morgan fingerprint density at radius 3 is 2.60 bits per heavy atom. The highest BCUT2D eigenvalue weighted by Crippen LogP contribution is 2.17. The molecule has 4 heteroatoms. The summed E-state index contributed by atoms with van der Waals surface area (Å²) >= 11 is 0. The van der Waals surface area contributed by atoms with E-state index in [0.29, 0.717) is 25.5 Å². The van der Waals surface area contributed by atoms with Gasteiger partial charge in [0, 0.05) is 6.61 Å². The number of carbonyl (C=O) groups excluding carboxylic acids is 1. The molecule has 0 N–H and O–H groups in total. The van der Waals surface area contributed by atoms with Crippen molar-refractivity contribution in [2.75, 3.05) is 19.8 Å². The summed E-state index contributed by atoms with van der Waals surface area (Å²) < 4.78 is 10.5. The highest BCUT2D eigenvalue weighted by Gasteiger charge is 1.94. The molecule has 0 atom stereocenters. The quantitative estimate of drug-likeness (QED) is 0.407. The van der Waals surface area contributed by atoms with Crippen LogP contribution in [0.1, 0.15) is 6.92 Å². The molecule has 0 radical (unpaired) electrons. The number of benzene rings is 1. The van der Waals surface area contributed by atoms with Crippen molar-refractivity contribution in [1.82, 2.24) is 0 Å². The zero-order valence-electron chi connectivity index (χ0n) is 8.60. The zero-order chi connectivity index (χ0) is 10.9. The summed E-state index contributed by atoms with van der Waals surface area (Å²) in [5.74, 6) is 0.736. The van der Waals surface area contributed by atoms with Gasteiger partial charge in [0.2, 0.25) is 6.08 Å². The molecule has 4 nitrogen and oxygen atoms in total. The van der Waals surface area contributed by atoms with E-state index in [4.69, 9.17) is 9.47 Å². The summed E-state index contributed by atoms with van der Waals surface area (Å²) in [7, 11) is 0. The molecular formula is C11H13NO3. The van der Waals surface area contributed by atoms with Crippen molar-refractivity contribution < 1.29 is 14.3 Å². The predicted molar refractivity (Wildman–Crippen MR) is 56.2 cm³/mol.